The van der Waals surface area contributed by atoms with Crippen LogP contribution >= 0.6 is 15.6 Å². The van der Waals surface area contributed by atoms with Gasteiger partial charge in [-0.05, 0) is 69.1 Å². The summed E-state index contributed by atoms with van der Waals surface area (Å²) in [5, 5.41) is 10.6. The van der Waals surface area contributed by atoms with Crippen LogP contribution in [0.15, 0.2) is 24.3 Å². The summed E-state index contributed by atoms with van der Waals surface area (Å²) in [5.74, 6) is 0.0666. The van der Waals surface area contributed by atoms with Crippen LogP contribution in [0, 0.1) is 17.8 Å². The average molecular weight is 1380 g/mol. The van der Waals surface area contributed by atoms with E-state index in [-0.39, 0.29) is 25.7 Å². The molecule has 94 heavy (non-hydrogen) atoms. The van der Waals surface area contributed by atoms with Crippen LogP contribution in [0.3, 0.4) is 0 Å². The Labute approximate surface area is 573 Å². The van der Waals surface area contributed by atoms with Gasteiger partial charge in [0, 0.05) is 25.7 Å². The third-order valence-corrected chi connectivity index (χ3v) is 18.7. The van der Waals surface area contributed by atoms with Crippen LogP contribution in [0.2, 0.25) is 0 Å². The highest BCUT2D eigenvalue weighted by atomic mass is 31.2. The molecule has 0 aromatic rings. The van der Waals surface area contributed by atoms with Gasteiger partial charge in [-0.15, -0.1) is 0 Å². The van der Waals surface area contributed by atoms with Crippen molar-refractivity contribution in [2.24, 2.45) is 17.8 Å². The summed E-state index contributed by atoms with van der Waals surface area (Å²) in [6, 6.07) is 0. The van der Waals surface area contributed by atoms with E-state index in [4.69, 9.17) is 37.0 Å². The van der Waals surface area contributed by atoms with E-state index >= 15 is 0 Å². The van der Waals surface area contributed by atoms with Gasteiger partial charge in [0.25, 0.3) is 0 Å². The molecule has 0 radical (unpaired) electrons. The van der Waals surface area contributed by atoms with E-state index in [9.17, 15) is 43.2 Å². The molecule has 19 heteroatoms. The smallest absolute Gasteiger partial charge is 0.462 e. The fourth-order valence-corrected chi connectivity index (χ4v) is 12.5. The second-order valence-electron chi connectivity index (χ2n) is 27.8. The van der Waals surface area contributed by atoms with Gasteiger partial charge in [0.15, 0.2) is 12.2 Å². The maximum atomic E-state index is 13.1. The van der Waals surface area contributed by atoms with Crippen molar-refractivity contribution in [3.63, 3.8) is 0 Å². The van der Waals surface area contributed by atoms with Gasteiger partial charge >= 0.3 is 39.5 Å². The molecule has 554 valence electrons. The van der Waals surface area contributed by atoms with E-state index < -0.39 is 97.5 Å². The Hall–Kier alpha value is -2.46. The summed E-state index contributed by atoms with van der Waals surface area (Å²) in [7, 11) is -9.92. The van der Waals surface area contributed by atoms with Gasteiger partial charge < -0.3 is 33.8 Å². The molecular weight excluding hydrogens is 1230 g/mol. The summed E-state index contributed by atoms with van der Waals surface area (Å²) in [6.45, 7) is 11.7. The Morgan fingerprint density at radius 2 is 0.574 bits per heavy atom. The van der Waals surface area contributed by atoms with Crippen LogP contribution in [0.25, 0.3) is 0 Å². The van der Waals surface area contributed by atoms with E-state index in [1.807, 2.05) is 0 Å². The van der Waals surface area contributed by atoms with Crippen molar-refractivity contribution >= 4 is 39.5 Å². The number of allylic oxidation sites excluding steroid dienone is 4. The largest absolute Gasteiger partial charge is 0.472 e. The van der Waals surface area contributed by atoms with Crippen molar-refractivity contribution < 1.29 is 80.2 Å². The van der Waals surface area contributed by atoms with Crippen molar-refractivity contribution in [1.29, 1.82) is 0 Å². The Balaban J connectivity index is 5.27. The molecule has 0 aromatic heterocycles. The highest BCUT2D eigenvalue weighted by Crippen LogP contribution is 2.45. The lowest BCUT2D eigenvalue weighted by Crippen LogP contribution is -2.30. The monoisotopic (exact) mass is 1380 g/mol. The Morgan fingerprint density at radius 1 is 0.330 bits per heavy atom. The lowest BCUT2D eigenvalue weighted by molar-refractivity contribution is -0.161. The number of aliphatic hydroxyl groups is 1. The third-order valence-electron chi connectivity index (χ3n) is 16.8. The Bertz CT molecular complexity index is 1930. The number of carbonyl (C=O) groups excluding carboxylic acids is 4. The van der Waals surface area contributed by atoms with Crippen molar-refractivity contribution in [3.05, 3.63) is 24.3 Å². The lowest BCUT2D eigenvalue weighted by Gasteiger charge is -2.21. The minimum atomic E-state index is -4.96. The molecule has 0 heterocycles. The SMILES string of the molecule is CCCCCC/C=C\C=C/CCCCCCCC(=O)OC[C@H](COP(=O)(O)OCC(O)COP(=O)(O)OC[C@@H](COC(=O)CCCCCCCCCCC(C)C)OC(=O)CCCCCCCCCC(C)C)OC(=O)CCCCCCCCCCCCCCCCCC(C)C. The Kier molecular flexibility index (Phi) is 63.5. The van der Waals surface area contributed by atoms with Crippen LogP contribution in [0.5, 0.6) is 0 Å². The van der Waals surface area contributed by atoms with Crippen LogP contribution in [-0.4, -0.2) is 96.7 Å². The van der Waals surface area contributed by atoms with Gasteiger partial charge in [0.2, 0.25) is 0 Å². The number of hydrogen-bond acceptors (Lipinski definition) is 15. The maximum absolute atomic E-state index is 13.1. The molecule has 0 aromatic carbocycles. The normalized spacial score (nSPS) is 14.3. The number of ether oxygens (including phenoxy) is 4. The van der Waals surface area contributed by atoms with E-state index in [0.29, 0.717) is 31.6 Å². The van der Waals surface area contributed by atoms with E-state index in [1.54, 1.807) is 0 Å². The first-order valence-electron chi connectivity index (χ1n) is 38.2. The maximum Gasteiger partial charge on any atom is 0.472 e. The predicted octanol–water partition coefficient (Wildman–Crippen LogP) is 21.3. The summed E-state index contributed by atoms with van der Waals surface area (Å²) in [6.07, 6.45) is 53.7. The van der Waals surface area contributed by atoms with Gasteiger partial charge in [0.05, 0.1) is 26.4 Å². The molecule has 0 bridgehead atoms. The molecule has 0 saturated carbocycles. The van der Waals surface area contributed by atoms with Crippen LogP contribution in [-0.2, 0) is 65.4 Å². The predicted molar refractivity (Wildman–Crippen MR) is 381 cm³/mol. The van der Waals surface area contributed by atoms with Gasteiger partial charge in [-0.3, -0.25) is 37.3 Å². The van der Waals surface area contributed by atoms with Gasteiger partial charge in [-0.2, -0.15) is 0 Å². The van der Waals surface area contributed by atoms with Crippen molar-refractivity contribution in [1.82, 2.24) is 0 Å². The van der Waals surface area contributed by atoms with E-state index in [1.165, 1.54) is 148 Å². The highest BCUT2D eigenvalue weighted by molar-refractivity contribution is 7.47. The molecule has 0 spiro atoms. The van der Waals surface area contributed by atoms with Crippen molar-refractivity contribution in [2.45, 2.75) is 375 Å². The zero-order valence-corrected chi connectivity index (χ0v) is 62.7. The van der Waals surface area contributed by atoms with E-state index in [2.05, 4.69) is 72.8 Å². The van der Waals surface area contributed by atoms with Gasteiger partial charge in [-0.25, -0.2) is 9.13 Å². The standard InChI is InChI=1S/C75H142O17P2/c1-8-9-10-11-12-13-14-15-17-21-24-27-35-42-49-56-72(77)85-62-70(91-74(79)58-51-44-37-28-25-22-19-16-18-20-23-26-32-39-46-53-66(2)3)64-89-93(81,82)87-60-69(76)61-88-94(83,84)90-65-71(92-75(80)59-52-45-38-31-34-41-48-55-68(6)7)63-86-73(78)57-50-43-36-30-29-33-40-47-54-67(4)5/h13-15,17,66-71,76H,8-12,16,18-65H2,1-7H3,(H,81,82)(H,83,84)/b14-13-,17-15-/t69?,70-,71-/m1/s1. The minimum absolute atomic E-state index is 0.100. The molecule has 0 fully saturated rings. The molecule has 0 amide bonds. The lowest BCUT2D eigenvalue weighted by atomic mass is 10.0. The molecule has 0 saturated heterocycles. The molecule has 3 unspecified atom stereocenters. The van der Waals surface area contributed by atoms with Gasteiger partial charge in [-0.1, -0.05) is 304 Å². The third kappa shape index (κ3) is 68.1. The van der Waals surface area contributed by atoms with Crippen LogP contribution < -0.4 is 0 Å². The summed E-state index contributed by atoms with van der Waals surface area (Å²) in [4.78, 5) is 72.7. The zero-order valence-electron chi connectivity index (χ0n) is 60.9. The molecule has 17 nitrogen and oxygen atoms in total. The first kappa shape index (κ1) is 91.5. The molecule has 0 aliphatic rings. The van der Waals surface area contributed by atoms with Crippen molar-refractivity contribution in [3.8, 4) is 0 Å². The topological polar surface area (TPSA) is 237 Å². The van der Waals surface area contributed by atoms with Gasteiger partial charge in [0.1, 0.15) is 19.3 Å². The first-order valence-corrected chi connectivity index (χ1v) is 41.2. The molecule has 5 atom stereocenters. The fourth-order valence-electron chi connectivity index (χ4n) is 10.9. The second-order valence-corrected chi connectivity index (χ2v) is 30.7. The number of phosphoric ester groups is 2. The average Bonchev–Trinajstić information content (AvgIpc) is 1.54. The molecule has 0 aliphatic heterocycles. The quantitative estimate of drug-likeness (QED) is 0.0169. The highest BCUT2D eigenvalue weighted by Gasteiger charge is 2.30. The number of carbonyl (C=O) groups is 4. The van der Waals surface area contributed by atoms with Crippen LogP contribution in [0.4, 0.5) is 0 Å². The van der Waals surface area contributed by atoms with Crippen LogP contribution in [0.1, 0.15) is 357 Å². The zero-order chi connectivity index (χ0) is 69.4. The molecule has 0 rings (SSSR count). The van der Waals surface area contributed by atoms with Crippen molar-refractivity contribution in [2.75, 3.05) is 39.6 Å². The summed E-state index contributed by atoms with van der Waals surface area (Å²) < 4.78 is 68.4. The minimum Gasteiger partial charge on any atom is -0.462 e. The molecular formula is C75H142O17P2. The number of esters is 4. The fraction of sp³-hybridized carbons (Fsp3) is 0.893. The Morgan fingerprint density at radius 3 is 0.862 bits per heavy atom. The number of rotatable bonds is 71. The molecule has 3 N–H and O–H groups in total. The molecule has 0 aliphatic carbocycles. The van der Waals surface area contributed by atoms with E-state index in [0.717, 1.165) is 121 Å². The number of aliphatic hydroxyl groups excluding tert-OH is 1. The first-order chi connectivity index (χ1) is 45.2. The number of hydrogen-bond donors (Lipinski definition) is 3. The summed E-state index contributed by atoms with van der Waals surface area (Å²) in [5.41, 5.74) is 0. The summed E-state index contributed by atoms with van der Waals surface area (Å²) >= 11 is 0. The second kappa shape index (κ2) is 65.2. The number of unbranched alkanes of at least 4 members (excludes halogenated alkanes) is 36. The number of phosphoric acid groups is 2.